The summed E-state index contributed by atoms with van der Waals surface area (Å²) < 4.78 is 14.1. The quantitative estimate of drug-likeness (QED) is 0.241. The van der Waals surface area contributed by atoms with Gasteiger partial charge in [-0.25, -0.2) is 14.7 Å². The molecule has 7 rings (SSSR count). The van der Waals surface area contributed by atoms with Crippen molar-refractivity contribution in [2.24, 2.45) is 9.98 Å². The number of furan rings is 1. The molecule has 0 fully saturated rings. The predicted octanol–water partition coefficient (Wildman–Crippen LogP) is 7.34. The van der Waals surface area contributed by atoms with E-state index in [1.54, 1.807) is 7.11 Å². The van der Waals surface area contributed by atoms with Crippen LogP contribution in [-0.4, -0.2) is 28.6 Å². The number of methoxy groups -OCH3 is 1. The van der Waals surface area contributed by atoms with Gasteiger partial charge in [0.15, 0.2) is 22.2 Å². The van der Waals surface area contributed by atoms with Crippen LogP contribution in [0.2, 0.25) is 0 Å². The van der Waals surface area contributed by atoms with Crippen LogP contribution in [0.15, 0.2) is 110 Å². The van der Waals surface area contributed by atoms with Crippen molar-refractivity contribution in [1.29, 1.82) is 0 Å². The van der Waals surface area contributed by atoms with Gasteiger partial charge in [0.25, 0.3) is 0 Å². The number of aliphatic imine (C=N–C) groups is 2. The van der Waals surface area contributed by atoms with E-state index in [2.05, 4.69) is 32.2 Å². The number of aromatic nitrogens is 2. The average Bonchev–Trinajstić information content (AvgIpc) is 3.55. The molecule has 0 saturated carbocycles. The van der Waals surface area contributed by atoms with E-state index in [1.165, 1.54) is 0 Å². The minimum Gasteiger partial charge on any atom is -0.497 e. The molecule has 0 unspecified atom stereocenters. The Kier molecular flexibility index (Phi) is 5.59. The van der Waals surface area contributed by atoms with E-state index in [1.807, 2.05) is 96.5 Å². The molecule has 0 bridgehead atoms. The molecule has 2 aliphatic heterocycles. The van der Waals surface area contributed by atoms with Crippen molar-refractivity contribution in [1.82, 2.24) is 9.78 Å². The standard InChI is InChI=1S/C30H23BrN6O2/c1-18-26-27(24-16-17-25(31)39-24)36-23-11-7-6-10-22(23)33-28(32-19-12-14-21(38-2)15-13-19)30(36)34-29(26)37(35-18)20-8-4-3-5-9-20/h3-17,27H,1-2H3,(H,32,33)/t27-/m1/s1. The van der Waals surface area contributed by atoms with Gasteiger partial charge in [0, 0.05) is 5.69 Å². The number of fused-ring (bicyclic) bond motifs is 4. The van der Waals surface area contributed by atoms with Crippen LogP contribution < -0.4 is 15.0 Å². The molecule has 8 nitrogen and oxygen atoms in total. The first-order valence-corrected chi connectivity index (χ1v) is 13.3. The third-order valence-electron chi connectivity index (χ3n) is 6.86. The van der Waals surface area contributed by atoms with Crippen molar-refractivity contribution in [3.05, 3.63) is 113 Å². The highest BCUT2D eigenvalue weighted by molar-refractivity contribution is 9.10. The fourth-order valence-electron chi connectivity index (χ4n) is 5.10. The van der Waals surface area contributed by atoms with Crippen LogP contribution in [0.4, 0.5) is 22.9 Å². The number of halogens is 1. The molecule has 3 aromatic carbocycles. The third-order valence-corrected chi connectivity index (χ3v) is 7.28. The fourth-order valence-corrected chi connectivity index (χ4v) is 5.42. The molecule has 0 radical (unpaired) electrons. The normalized spacial score (nSPS) is 15.6. The van der Waals surface area contributed by atoms with Gasteiger partial charge in [0.05, 0.1) is 35.4 Å². The highest BCUT2D eigenvalue weighted by Gasteiger charge is 2.42. The lowest BCUT2D eigenvalue weighted by atomic mass is 9.98. The Labute approximate surface area is 233 Å². The first kappa shape index (κ1) is 23.5. The molecule has 5 aromatic rings. The molecule has 2 aromatic heterocycles. The van der Waals surface area contributed by atoms with E-state index >= 15 is 0 Å². The lowest BCUT2D eigenvalue weighted by Crippen LogP contribution is -2.46. The zero-order valence-corrected chi connectivity index (χ0v) is 22.8. The first-order valence-electron chi connectivity index (χ1n) is 12.5. The summed E-state index contributed by atoms with van der Waals surface area (Å²) in [5.41, 5.74) is 5.42. The van der Waals surface area contributed by atoms with E-state index in [0.717, 1.165) is 51.3 Å². The molecule has 9 heteroatoms. The van der Waals surface area contributed by atoms with Crippen LogP contribution in [0.1, 0.15) is 23.1 Å². The van der Waals surface area contributed by atoms with Crippen molar-refractivity contribution in [3.8, 4) is 11.4 Å². The van der Waals surface area contributed by atoms with Crippen molar-refractivity contribution in [3.63, 3.8) is 0 Å². The van der Waals surface area contributed by atoms with Gasteiger partial charge in [-0.15, -0.1) is 0 Å². The number of hydrogen-bond donors (Lipinski definition) is 1. The van der Waals surface area contributed by atoms with Crippen molar-refractivity contribution in [2.75, 3.05) is 17.3 Å². The van der Waals surface area contributed by atoms with Gasteiger partial charge in [-0.2, -0.15) is 5.10 Å². The average molecular weight is 579 g/mol. The van der Waals surface area contributed by atoms with Crippen LogP contribution in [0.3, 0.4) is 0 Å². The lowest BCUT2D eigenvalue weighted by molar-refractivity contribution is 0.415. The van der Waals surface area contributed by atoms with Crippen LogP contribution in [0.25, 0.3) is 5.69 Å². The molecular weight excluding hydrogens is 556 g/mol. The molecule has 39 heavy (non-hydrogen) atoms. The zero-order valence-electron chi connectivity index (χ0n) is 21.2. The number of ether oxygens (including phenoxy) is 1. The molecule has 0 saturated heterocycles. The van der Waals surface area contributed by atoms with Crippen LogP contribution in [0, 0.1) is 6.92 Å². The topological polar surface area (TPSA) is 80.2 Å². The molecule has 0 aliphatic carbocycles. The monoisotopic (exact) mass is 578 g/mol. The Balaban J connectivity index is 1.47. The second-order valence-electron chi connectivity index (χ2n) is 9.22. The summed E-state index contributed by atoms with van der Waals surface area (Å²) in [4.78, 5) is 12.4. The number of amidine groups is 2. The fraction of sp³-hybridized carbons (Fsp3) is 0.100. The molecule has 0 spiro atoms. The maximum Gasteiger partial charge on any atom is 0.179 e. The molecule has 1 N–H and O–H groups in total. The van der Waals surface area contributed by atoms with Crippen LogP contribution in [0.5, 0.6) is 5.75 Å². The molecule has 192 valence electrons. The van der Waals surface area contributed by atoms with Gasteiger partial charge in [-0.05, 0) is 83.5 Å². The lowest BCUT2D eigenvalue weighted by Gasteiger charge is -2.39. The SMILES string of the molecule is COc1ccc(NC2=Nc3ccccc3N3C2=Nc2c(c(C)nn2-c2ccccc2)[C@H]3c2ccc(Br)o2)cc1. The molecule has 0 amide bonds. The first-order chi connectivity index (χ1) is 19.1. The van der Waals surface area contributed by atoms with Gasteiger partial charge >= 0.3 is 0 Å². The van der Waals surface area contributed by atoms with Crippen molar-refractivity contribution < 1.29 is 9.15 Å². The van der Waals surface area contributed by atoms with E-state index in [9.17, 15) is 0 Å². The number of nitrogens with one attached hydrogen (secondary N) is 1. The summed E-state index contributed by atoms with van der Waals surface area (Å²) in [6, 6.07) is 29.4. The summed E-state index contributed by atoms with van der Waals surface area (Å²) in [7, 11) is 1.65. The number of nitrogens with zero attached hydrogens (tertiary/aromatic N) is 5. The Morgan fingerprint density at radius 2 is 1.67 bits per heavy atom. The van der Waals surface area contributed by atoms with Crippen molar-refractivity contribution >= 4 is 50.5 Å². The maximum atomic E-state index is 6.20. The van der Waals surface area contributed by atoms with Gasteiger partial charge in [0.2, 0.25) is 0 Å². The number of anilines is 2. The summed E-state index contributed by atoms with van der Waals surface area (Å²) in [6.07, 6.45) is 0. The smallest absolute Gasteiger partial charge is 0.179 e. The molecule has 4 heterocycles. The summed E-state index contributed by atoms with van der Waals surface area (Å²) >= 11 is 3.50. The number of benzene rings is 3. The highest BCUT2D eigenvalue weighted by Crippen LogP contribution is 2.48. The molecule has 1 atom stereocenters. The Morgan fingerprint density at radius 3 is 2.41 bits per heavy atom. The van der Waals surface area contributed by atoms with Crippen LogP contribution in [-0.2, 0) is 0 Å². The van der Waals surface area contributed by atoms with Gasteiger partial charge in [0.1, 0.15) is 17.6 Å². The number of rotatable bonds is 4. The van der Waals surface area contributed by atoms with Crippen LogP contribution >= 0.6 is 15.9 Å². The number of para-hydroxylation sites is 3. The second kappa shape index (κ2) is 9.28. The van der Waals surface area contributed by atoms with E-state index < -0.39 is 0 Å². The Bertz CT molecular complexity index is 1750. The van der Waals surface area contributed by atoms with Crippen molar-refractivity contribution in [2.45, 2.75) is 13.0 Å². The summed E-state index contributed by atoms with van der Waals surface area (Å²) in [5.74, 6) is 3.59. The predicted molar refractivity (Wildman–Crippen MR) is 156 cm³/mol. The minimum atomic E-state index is -0.319. The number of hydrogen-bond acceptors (Lipinski definition) is 7. The summed E-state index contributed by atoms with van der Waals surface area (Å²) in [6.45, 7) is 2.02. The minimum absolute atomic E-state index is 0.319. The summed E-state index contributed by atoms with van der Waals surface area (Å²) in [5, 5.41) is 8.44. The molecular formula is C30H23BrN6O2. The van der Waals surface area contributed by atoms with E-state index in [0.29, 0.717) is 16.3 Å². The maximum absolute atomic E-state index is 6.20. The van der Waals surface area contributed by atoms with Gasteiger partial charge < -0.3 is 19.4 Å². The molecule has 2 aliphatic rings. The number of aryl methyl sites for hydroxylation is 1. The highest BCUT2D eigenvalue weighted by atomic mass is 79.9. The van der Waals surface area contributed by atoms with Gasteiger partial charge in [-0.1, -0.05) is 30.3 Å². The zero-order chi connectivity index (χ0) is 26.5. The largest absolute Gasteiger partial charge is 0.497 e. The van der Waals surface area contributed by atoms with E-state index in [-0.39, 0.29) is 6.04 Å². The third kappa shape index (κ3) is 3.93. The Hall–Kier alpha value is -4.63. The Morgan fingerprint density at radius 1 is 0.897 bits per heavy atom. The van der Waals surface area contributed by atoms with E-state index in [4.69, 9.17) is 24.2 Å². The second-order valence-corrected chi connectivity index (χ2v) is 10.0. The van der Waals surface area contributed by atoms with Gasteiger partial charge in [-0.3, -0.25) is 0 Å².